The molecule has 0 saturated carbocycles. The number of guanidine groups is 1. The molecule has 0 radical (unpaired) electrons. The van der Waals surface area contributed by atoms with Crippen LogP contribution in [0.1, 0.15) is 45.3 Å². The normalized spacial score (nSPS) is 12.0. The summed E-state index contributed by atoms with van der Waals surface area (Å²) in [6, 6.07) is 0. The molecular formula is C18H35N7O3. The zero-order valence-electron chi connectivity index (χ0n) is 18.0. The van der Waals surface area contributed by atoms with Crippen LogP contribution < -0.4 is 16.0 Å². The molecule has 10 nitrogen and oxygen atoms in total. The molecule has 0 fully saturated rings. The van der Waals surface area contributed by atoms with Crippen molar-refractivity contribution in [1.29, 1.82) is 0 Å². The van der Waals surface area contributed by atoms with Crippen molar-refractivity contribution in [3.63, 3.8) is 0 Å². The molecule has 0 aliphatic heterocycles. The van der Waals surface area contributed by atoms with E-state index in [0.717, 1.165) is 31.0 Å². The van der Waals surface area contributed by atoms with Gasteiger partial charge in [-0.1, -0.05) is 0 Å². The van der Waals surface area contributed by atoms with Crippen LogP contribution in [0.4, 0.5) is 4.79 Å². The SMILES string of the molecule is COCCCNC(=NCc1nnc(C)n1C)NCCCNC(=O)OC(C)(C)C. The Hall–Kier alpha value is -2.36. The molecule has 10 heteroatoms. The van der Waals surface area contributed by atoms with Crippen molar-refractivity contribution in [2.75, 3.05) is 33.4 Å². The van der Waals surface area contributed by atoms with Crippen molar-refractivity contribution in [3.8, 4) is 0 Å². The van der Waals surface area contributed by atoms with Gasteiger partial charge in [-0.3, -0.25) is 0 Å². The molecule has 0 saturated heterocycles. The molecular weight excluding hydrogens is 362 g/mol. The molecule has 1 heterocycles. The molecule has 0 aromatic carbocycles. The number of amides is 1. The summed E-state index contributed by atoms with van der Waals surface area (Å²) in [5.74, 6) is 2.33. The molecule has 1 rings (SSSR count). The van der Waals surface area contributed by atoms with Crippen molar-refractivity contribution in [2.45, 2.75) is 52.7 Å². The lowest BCUT2D eigenvalue weighted by Crippen LogP contribution is -2.40. The number of ether oxygens (including phenoxy) is 2. The summed E-state index contributed by atoms with van der Waals surface area (Å²) in [6.45, 7) is 10.4. The highest BCUT2D eigenvalue weighted by molar-refractivity contribution is 5.79. The monoisotopic (exact) mass is 397 g/mol. The second-order valence-corrected chi connectivity index (χ2v) is 7.37. The number of carbonyl (C=O) groups excluding carboxylic acids is 1. The maximum atomic E-state index is 11.6. The fraction of sp³-hybridized carbons (Fsp3) is 0.778. The third kappa shape index (κ3) is 10.1. The number of aromatic nitrogens is 3. The summed E-state index contributed by atoms with van der Waals surface area (Å²) in [7, 11) is 3.60. The maximum Gasteiger partial charge on any atom is 0.407 e. The van der Waals surface area contributed by atoms with E-state index in [0.29, 0.717) is 32.2 Å². The van der Waals surface area contributed by atoms with E-state index in [2.05, 4.69) is 31.1 Å². The first-order chi connectivity index (χ1) is 13.2. The third-order valence-corrected chi connectivity index (χ3v) is 3.69. The summed E-state index contributed by atoms with van der Waals surface area (Å²) >= 11 is 0. The number of aryl methyl sites for hydroxylation is 1. The Kier molecular flexibility index (Phi) is 10.3. The van der Waals surface area contributed by atoms with Crippen molar-refractivity contribution < 1.29 is 14.3 Å². The Bertz CT molecular complexity index is 623. The molecule has 0 aliphatic rings. The zero-order valence-corrected chi connectivity index (χ0v) is 18.0. The van der Waals surface area contributed by atoms with Gasteiger partial charge in [0.2, 0.25) is 0 Å². The molecule has 1 aromatic rings. The van der Waals surface area contributed by atoms with E-state index in [-0.39, 0.29) is 0 Å². The molecule has 1 aromatic heterocycles. The molecule has 0 unspecified atom stereocenters. The minimum atomic E-state index is -0.494. The highest BCUT2D eigenvalue weighted by Crippen LogP contribution is 2.06. The van der Waals surface area contributed by atoms with Crippen LogP contribution in [-0.4, -0.2) is 65.8 Å². The highest BCUT2D eigenvalue weighted by atomic mass is 16.6. The molecule has 28 heavy (non-hydrogen) atoms. The molecule has 0 spiro atoms. The van der Waals surface area contributed by atoms with Crippen molar-refractivity contribution in [1.82, 2.24) is 30.7 Å². The van der Waals surface area contributed by atoms with Gasteiger partial charge in [-0.25, -0.2) is 9.79 Å². The van der Waals surface area contributed by atoms with Gasteiger partial charge in [-0.15, -0.1) is 10.2 Å². The predicted octanol–water partition coefficient (Wildman–Crippen LogP) is 1.11. The van der Waals surface area contributed by atoms with E-state index in [4.69, 9.17) is 9.47 Å². The van der Waals surface area contributed by atoms with Gasteiger partial charge in [-0.05, 0) is 40.5 Å². The number of hydrogen-bond donors (Lipinski definition) is 3. The Morgan fingerprint density at radius 1 is 1.11 bits per heavy atom. The van der Waals surface area contributed by atoms with Crippen LogP contribution >= 0.6 is 0 Å². The first kappa shape index (κ1) is 23.7. The molecule has 1 amide bonds. The number of methoxy groups -OCH3 is 1. The van der Waals surface area contributed by atoms with E-state index in [1.807, 2.05) is 39.3 Å². The minimum Gasteiger partial charge on any atom is -0.444 e. The lowest BCUT2D eigenvalue weighted by molar-refractivity contribution is 0.0527. The average Bonchev–Trinajstić information content (AvgIpc) is 2.92. The van der Waals surface area contributed by atoms with Crippen LogP contribution in [0.15, 0.2) is 4.99 Å². The quantitative estimate of drug-likeness (QED) is 0.308. The van der Waals surface area contributed by atoms with Gasteiger partial charge in [0.25, 0.3) is 0 Å². The van der Waals surface area contributed by atoms with Gasteiger partial charge >= 0.3 is 6.09 Å². The Balaban J connectivity index is 2.43. The van der Waals surface area contributed by atoms with Gasteiger partial charge in [0.1, 0.15) is 18.0 Å². The fourth-order valence-corrected chi connectivity index (χ4v) is 2.14. The van der Waals surface area contributed by atoms with E-state index in [1.54, 1.807) is 7.11 Å². The van der Waals surface area contributed by atoms with Crippen LogP contribution in [0.3, 0.4) is 0 Å². The number of aliphatic imine (C=N–C) groups is 1. The molecule has 160 valence electrons. The predicted molar refractivity (Wildman–Crippen MR) is 108 cm³/mol. The summed E-state index contributed by atoms with van der Waals surface area (Å²) in [5.41, 5.74) is -0.494. The van der Waals surface area contributed by atoms with Gasteiger partial charge in [0.15, 0.2) is 11.8 Å². The summed E-state index contributed by atoms with van der Waals surface area (Å²) < 4.78 is 12.2. The number of nitrogens with zero attached hydrogens (tertiary/aromatic N) is 4. The minimum absolute atomic E-state index is 0.406. The van der Waals surface area contributed by atoms with Crippen molar-refractivity contribution in [2.24, 2.45) is 12.0 Å². The summed E-state index contributed by atoms with van der Waals surface area (Å²) in [6.07, 6.45) is 1.21. The van der Waals surface area contributed by atoms with Gasteiger partial charge in [-0.2, -0.15) is 0 Å². The Morgan fingerprint density at radius 3 is 2.32 bits per heavy atom. The maximum absolute atomic E-state index is 11.6. The molecule has 0 atom stereocenters. The summed E-state index contributed by atoms with van der Waals surface area (Å²) in [5, 5.41) is 17.4. The van der Waals surface area contributed by atoms with Crippen LogP contribution in [0, 0.1) is 6.92 Å². The van der Waals surface area contributed by atoms with E-state index in [9.17, 15) is 4.79 Å². The van der Waals surface area contributed by atoms with Gasteiger partial charge in [0.05, 0.1) is 0 Å². The molecule has 0 aliphatic carbocycles. The second-order valence-electron chi connectivity index (χ2n) is 7.37. The van der Waals surface area contributed by atoms with Gasteiger partial charge in [0, 0.05) is 40.4 Å². The molecule has 0 bridgehead atoms. The number of hydrogen-bond acceptors (Lipinski definition) is 6. The zero-order chi connectivity index (χ0) is 21.0. The van der Waals surface area contributed by atoms with Crippen LogP contribution in [-0.2, 0) is 23.1 Å². The van der Waals surface area contributed by atoms with Crippen LogP contribution in [0.5, 0.6) is 0 Å². The lowest BCUT2D eigenvalue weighted by Gasteiger charge is -2.19. The standard InChI is InChI=1S/C18H35N7O3/c1-14-23-24-15(25(14)5)13-22-16(20-11-8-12-27-6)19-9-7-10-21-17(26)28-18(2,3)4/h7-13H2,1-6H3,(H,21,26)(H2,19,20,22). The second kappa shape index (κ2) is 12.2. The smallest absolute Gasteiger partial charge is 0.407 e. The van der Waals surface area contributed by atoms with Crippen LogP contribution in [0.2, 0.25) is 0 Å². The largest absolute Gasteiger partial charge is 0.444 e. The van der Waals surface area contributed by atoms with E-state index < -0.39 is 11.7 Å². The number of nitrogens with one attached hydrogen (secondary N) is 3. The van der Waals surface area contributed by atoms with E-state index in [1.165, 1.54) is 0 Å². The number of alkyl carbamates (subject to hydrolysis) is 1. The summed E-state index contributed by atoms with van der Waals surface area (Å²) in [4.78, 5) is 16.2. The Morgan fingerprint density at radius 2 is 1.75 bits per heavy atom. The average molecular weight is 398 g/mol. The molecule has 3 N–H and O–H groups in total. The third-order valence-electron chi connectivity index (χ3n) is 3.69. The number of rotatable bonds is 10. The van der Waals surface area contributed by atoms with Crippen molar-refractivity contribution >= 4 is 12.1 Å². The topological polar surface area (TPSA) is 115 Å². The van der Waals surface area contributed by atoms with Crippen molar-refractivity contribution in [3.05, 3.63) is 11.6 Å². The highest BCUT2D eigenvalue weighted by Gasteiger charge is 2.15. The van der Waals surface area contributed by atoms with E-state index >= 15 is 0 Å². The first-order valence-corrected chi connectivity index (χ1v) is 9.55. The van der Waals surface area contributed by atoms with Crippen LogP contribution in [0.25, 0.3) is 0 Å². The first-order valence-electron chi connectivity index (χ1n) is 9.55. The number of carbonyl (C=O) groups is 1. The lowest BCUT2D eigenvalue weighted by atomic mass is 10.2. The fourth-order valence-electron chi connectivity index (χ4n) is 2.14. The van der Waals surface area contributed by atoms with Gasteiger partial charge < -0.3 is 30.0 Å². The Labute approximate surface area is 167 Å².